The molecule has 0 bridgehead atoms. The van der Waals surface area contributed by atoms with E-state index in [4.69, 9.17) is 0 Å². The molecule has 0 radical (unpaired) electrons. The summed E-state index contributed by atoms with van der Waals surface area (Å²) in [4.78, 5) is 12.4. The number of rotatable bonds is 10. The van der Waals surface area contributed by atoms with Gasteiger partial charge in [-0.2, -0.15) is 0 Å². The van der Waals surface area contributed by atoms with Gasteiger partial charge in [0.25, 0.3) is 0 Å². The quantitative estimate of drug-likeness (QED) is 0.309. The van der Waals surface area contributed by atoms with Crippen molar-refractivity contribution in [3.05, 3.63) is 29.8 Å². The highest BCUT2D eigenvalue weighted by molar-refractivity contribution is 7.99. The number of Topliss-reactive ketones (excluding diaryl/α,β-unsaturated/α-hetero) is 1. The maximum Gasteiger partial charge on any atom is 0.159 e. The minimum atomic E-state index is 0.142. The lowest BCUT2D eigenvalue weighted by Crippen LogP contribution is -1.90. The molecule has 1 nitrogen and oxygen atoms in total. The average Bonchev–Trinajstić information content (AvgIpc) is 2.42. The topological polar surface area (TPSA) is 17.1 Å². The Labute approximate surface area is 122 Å². The minimum Gasteiger partial charge on any atom is -0.295 e. The lowest BCUT2D eigenvalue weighted by molar-refractivity contribution is 0.101. The van der Waals surface area contributed by atoms with Crippen molar-refractivity contribution in [1.82, 2.24) is 0 Å². The zero-order valence-electron chi connectivity index (χ0n) is 12.3. The molecule has 0 aliphatic rings. The second-order valence-corrected chi connectivity index (χ2v) is 6.22. The molecule has 0 unspecified atom stereocenters. The van der Waals surface area contributed by atoms with Crippen LogP contribution in [0, 0.1) is 0 Å². The standard InChI is InChI=1S/C17H26OS/c1-3-4-5-6-7-8-9-14-19-17-12-10-16(11-13-17)15(2)18/h10-13H,3-9,14H2,1-2H3. The fourth-order valence-corrected chi connectivity index (χ4v) is 2.95. The maximum atomic E-state index is 11.2. The fourth-order valence-electron chi connectivity index (χ4n) is 2.04. The first-order valence-electron chi connectivity index (χ1n) is 7.48. The smallest absolute Gasteiger partial charge is 0.159 e. The van der Waals surface area contributed by atoms with Gasteiger partial charge in [-0.05, 0) is 31.2 Å². The summed E-state index contributed by atoms with van der Waals surface area (Å²) in [7, 11) is 0. The van der Waals surface area contributed by atoms with Crippen LogP contribution in [0.5, 0.6) is 0 Å². The largest absolute Gasteiger partial charge is 0.295 e. The van der Waals surface area contributed by atoms with E-state index in [0.717, 1.165) is 5.56 Å². The number of carbonyl (C=O) groups excluding carboxylic acids is 1. The normalized spacial score (nSPS) is 10.6. The van der Waals surface area contributed by atoms with Gasteiger partial charge in [-0.15, -0.1) is 11.8 Å². The molecule has 1 rings (SSSR count). The van der Waals surface area contributed by atoms with E-state index in [1.54, 1.807) is 6.92 Å². The van der Waals surface area contributed by atoms with Crippen LogP contribution in [-0.2, 0) is 0 Å². The fraction of sp³-hybridized carbons (Fsp3) is 0.588. The van der Waals surface area contributed by atoms with Crippen molar-refractivity contribution in [3.63, 3.8) is 0 Å². The van der Waals surface area contributed by atoms with Crippen LogP contribution in [-0.4, -0.2) is 11.5 Å². The van der Waals surface area contributed by atoms with Gasteiger partial charge in [0.05, 0.1) is 0 Å². The molecule has 2 heteroatoms. The zero-order valence-corrected chi connectivity index (χ0v) is 13.1. The van der Waals surface area contributed by atoms with Gasteiger partial charge < -0.3 is 0 Å². The van der Waals surface area contributed by atoms with Gasteiger partial charge in [0.2, 0.25) is 0 Å². The average molecular weight is 278 g/mol. The summed E-state index contributed by atoms with van der Waals surface area (Å²) in [6.45, 7) is 3.87. The van der Waals surface area contributed by atoms with Crippen molar-refractivity contribution in [2.45, 2.75) is 63.7 Å². The van der Waals surface area contributed by atoms with Crippen LogP contribution in [0.3, 0.4) is 0 Å². The molecule has 106 valence electrons. The summed E-state index contributed by atoms with van der Waals surface area (Å²) in [6.07, 6.45) is 9.53. The SMILES string of the molecule is CCCCCCCCCSc1ccc(C(C)=O)cc1. The van der Waals surface area contributed by atoms with Gasteiger partial charge in [0.1, 0.15) is 0 Å². The van der Waals surface area contributed by atoms with Crippen LogP contribution in [0.15, 0.2) is 29.2 Å². The molecule has 0 atom stereocenters. The number of unbranched alkanes of at least 4 members (excludes halogenated alkanes) is 6. The highest BCUT2D eigenvalue weighted by Crippen LogP contribution is 2.20. The third-order valence-electron chi connectivity index (χ3n) is 3.28. The number of hydrogen-bond acceptors (Lipinski definition) is 2. The van der Waals surface area contributed by atoms with Crippen LogP contribution < -0.4 is 0 Å². The zero-order chi connectivity index (χ0) is 13.9. The first-order chi connectivity index (χ1) is 9.24. The molecule has 0 amide bonds. The number of ketones is 1. The van der Waals surface area contributed by atoms with Gasteiger partial charge >= 0.3 is 0 Å². The Morgan fingerprint density at radius 1 is 0.947 bits per heavy atom. The highest BCUT2D eigenvalue weighted by atomic mass is 32.2. The van der Waals surface area contributed by atoms with Crippen molar-refractivity contribution in [3.8, 4) is 0 Å². The summed E-state index contributed by atoms with van der Waals surface area (Å²) in [5.41, 5.74) is 0.806. The Hall–Kier alpha value is -0.760. The van der Waals surface area contributed by atoms with E-state index in [9.17, 15) is 4.79 Å². The van der Waals surface area contributed by atoms with E-state index in [1.807, 2.05) is 23.9 Å². The lowest BCUT2D eigenvalue weighted by Gasteiger charge is -2.03. The van der Waals surface area contributed by atoms with E-state index in [-0.39, 0.29) is 5.78 Å². The number of thioether (sulfide) groups is 1. The first kappa shape index (κ1) is 16.3. The van der Waals surface area contributed by atoms with Crippen molar-refractivity contribution in [2.24, 2.45) is 0 Å². The van der Waals surface area contributed by atoms with Crippen molar-refractivity contribution in [1.29, 1.82) is 0 Å². The molecule has 0 spiro atoms. The predicted octanol–water partition coefficient (Wildman–Crippen LogP) is 5.73. The minimum absolute atomic E-state index is 0.142. The molecule has 19 heavy (non-hydrogen) atoms. The van der Waals surface area contributed by atoms with Gasteiger partial charge in [-0.3, -0.25) is 4.79 Å². The van der Waals surface area contributed by atoms with E-state index >= 15 is 0 Å². The maximum absolute atomic E-state index is 11.2. The van der Waals surface area contributed by atoms with Gasteiger partial charge in [-0.1, -0.05) is 57.6 Å². The molecule has 0 fully saturated rings. The molecular weight excluding hydrogens is 252 g/mol. The van der Waals surface area contributed by atoms with Crippen LogP contribution in [0.4, 0.5) is 0 Å². The molecule has 1 aromatic carbocycles. The van der Waals surface area contributed by atoms with Crippen molar-refractivity contribution < 1.29 is 4.79 Å². The molecule has 1 aromatic rings. The van der Waals surface area contributed by atoms with Crippen LogP contribution in [0.2, 0.25) is 0 Å². The molecule has 0 saturated carbocycles. The Bertz CT molecular complexity index is 356. The Morgan fingerprint density at radius 2 is 1.53 bits per heavy atom. The monoisotopic (exact) mass is 278 g/mol. The Morgan fingerprint density at radius 3 is 2.11 bits per heavy atom. The molecule has 0 aliphatic carbocycles. The number of benzene rings is 1. The van der Waals surface area contributed by atoms with Crippen LogP contribution in [0.25, 0.3) is 0 Å². The van der Waals surface area contributed by atoms with E-state index in [1.165, 1.54) is 55.6 Å². The molecule has 0 aromatic heterocycles. The Balaban J connectivity index is 2.07. The summed E-state index contributed by atoms with van der Waals surface area (Å²) in [6, 6.07) is 7.97. The van der Waals surface area contributed by atoms with E-state index in [2.05, 4.69) is 19.1 Å². The van der Waals surface area contributed by atoms with E-state index < -0.39 is 0 Å². The van der Waals surface area contributed by atoms with Crippen molar-refractivity contribution in [2.75, 3.05) is 5.75 Å². The molecule has 0 N–H and O–H groups in total. The molecular formula is C17H26OS. The van der Waals surface area contributed by atoms with Crippen LogP contribution in [0.1, 0.15) is 69.2 Å². The van der Waals surface area contributed by atoms with Crippen LogP contribution >= 0.6 is 11.8 Å². The van der Waals surface area contributed by atoms with Gasteiger partial charge in [-0.25, -0.2) is 0 Å². The van der Waals surface area contributed by atoms with Gasteiger partial charge in [0, 0.05) is 10.5 Å². The third-order valence-corrected chi connectivity index (χ3v) is 4.38. The van der Waals surface area contributed by atoms with Gasteiger partial charge in [0.15, 0.2) is 5.78 Å². The predicted molar refractivity (Wildman–Crippen MR) is 85.2 cm³/mol. The first-order valence-corrected chi connectivity index (χ1v) is 8.46. The number of carbonyl (C=O) groups is 1. The second-order valence-electron chi connectivity index (χ2n) is 5.05. The third kappa shape index (κ3) is 7.41. The second kappa shape index (κ2) is 10.1. The molecule has 0 heterocycles. The summed E-state index contributed by atoms with van der Waals surface area (Å²) < 4.78 is 0. The molecule has 0 aliphatic heterocycles. The Kier molecular flexibility index (Phi) is 8.64. The summed E-state index contributed by atoms with van der Waals surface area (Å²) in [5, 5.41) is 0. The van der Waals surface area contributed by atoms with Crippen molar-refractivity contribution >= 4 is 17.5 Å². The number of hydrogen-bond donors (Lipinski definition) is 0. The highest BCUT2D eigenvalue weighted by Gasteiger charge is 1.99. The van der Waals surface area contributed by atoms with E-state index in [0.29, 0.717) is 0 Å². The summed E-state index contributed by atoms with van der Waals surface area (Å²) >= 11 is 1.90. The summed E-state index contributed by atoms with van der Waals surface area (Å²) in [5.74, 6) is 1.33. The lowest BCUT2D eigenvalue weighted by atomic mass is 10.1. The molecule has 0 saturated heterocycles.